The van der Waals surface area contributed by atoms with Crippen LogP contribution in [0, 0.1) is 0 Å². The van der Waals surface area contributed by atoms with E-state index in [1.54, 1.807) is 25.3 Å². The third kappa shape index (κ3) is 3.54. The summed E-state index contributed by atoms with van der Waals surface area (Å²) in [5, 5.41) is 0. The number of amides is 1. The molecule has 0 unspecified atom stereocenters. The van der Waals surface area contributed by atoms with Crippen LogP contribution < -0.4 is 15.2 Å². The molecule has 2 N–H and O–H groups in total. The van der Waals surface area contributed by atoms with Gasteiger partial charge in [-0.25, -0.2) is 0 Å². The Morgan fingerprint density at radius 3 is 2.60 bits per heavy atom. The molecule has 1 amide bonds. The van der Waals surface area contributed by atoms with Gasteiger partial charge < -0.3 is 25.0 Å². The fourth-order valence-corrected chi connectivity index (χ4v) is 2.09. The van der Waals surface area contributed by atoms with Crippen LogP contribution in [-0.2, 0) is 4.79 Å². The molecule has 1 aliphatic rings. The van der Waals surface area contributed by atoms with E-state index in [4.69, 9.17) is 15.2 Å². The van der Waals surface area contributed by atoms with Gasteiger partial charge in [0.25, 0.3) is 5.91 Å². The van der Waals surface area contributed by atoms with Crippen molar-refractivity contribution < 1.29 is 14.3 Å². The second-order valence-electron chi connectivity index (χ2n) is 4.88. The Balaban J connectivity index is 1.85. The average molecular weight is 279 g/mol. The van der Waals surface area contributed by atoms with E-state index < -0.39 is 0 Å². The van der Waals surface area contributed by atoms with E-state index in [0.29, 0.717) is 17.2 Å². The molecule has 0 atom stereocenters. The van der Waals surface area contributed by atoms with Crippen molar-refractivity contribution in [3.8, 4) is 11.5 Å². The molecule has 0 bridgehead atoms. The first-order chi connectivity index (χ1) is 9.60. The van der Waals surface area contributed by atoms with E-state index in [1.165, 1.54) is 0 Å². The maximum absolute atomic E-state index is 12.0. The Morgan fingerprint density at radius 1 is 1.30 bits per heavy atom. The van der Waals surface area contributed by atoms with Crippen molar-refractivity contribution in [2.45, 2.75) is 0 Å². The molecule has 0 spiro atoms. The molecule has 0 radical (unpaired) electrons. The van der Waals surface area contributed by atoms with Gasteiger partial charge in [0, 0.05) is 32.2 Å². The van der Waals surface area contributed by atoms with E-state index in [0.717, 1.165) is 26.2 Å². The van der Waals surface area contributed by atoms with Crippen LogP contribution in [-0.4, -0.2) is 62.7 Å². The summed E-state index contributed by atoms with van der Waals surface area (Å²) < 4.78 is 10.6. The third-order valence-corrected chi connectivity index (χ3v) is 3.42. The lowest BCUT2D eigenvalue weighted by Gasteiger charge is -2.32. The van der Waals surface area contributed by atoms with Crippen molar-refractivity contribution >= 4 is 11.6 Å². The van der Waals surface area contributed by atoms with Crippen LogP contribution in [0.4, 0.5) is 5.69 Å². The topological polar surface area (TPSA) is 68.0 Å². The minimum Gasteiger partial charge on any atom is -0.495 e. The van der Waals surface area contributed by atoms with Crippen molar-refractivity contribution in [3.05, 3.63) is 18.2 Å². The molecule has 1 fully saturated rings. The van der Waals surface area contributed by atoms with Gasteiger partial charge in [0.05, 0.1) is 12.8 Å². The number of benzene rings is 1. The molecule has 1 saturated heterocycles. The predicted molar refractivity (Wildman–Crippen MR) is 77.0 cm³/mol. The number of nitrogens with zero attached hydrogens (tertiary/aromatic N) is 2. The van der Waals surface area contributed by atoms with E-state index in [-0.39, 0.29) is 12.5 Å². The minimum atomic E-state index is 0.00693. The Labute approximate surface area is 119 Å². The first-order valence-corrected chi connectivity index (χ1v) is 6.63. The SMILES string of the molecule is COc1ccc(OCC(=O)N2CCN(C)CC2)cc1N. The zero-order valence-electron chi connectivity index (χ0n) is 12.0. The summed E-state index contributed by atoms with van der Waals surface area (Å²) in [6, 6.07) is 5.13. The molecule has 6 heteroatoms. The molecular weight excluding hydrogens is 258 g/mol. The van der Waals surface area contributed by atoms with Crippen molar-refractivity contribution in [1.82, 2.24) is 9.80 Å². The standard InChI is InChI=1S/C14H21N3O3/c1-16-5-7-17(8-6-16)14(18)10-20-11-3-4-13(19-2)12(15)9-11/h3-4,9H,5-8,10,15H2,1-2H3. The fourth-order valence-electron chi connectivity index (χ4n) is 2.09. The number of likely N-dealkylation sites (N-methyl/N-ethyl adjacent to an activating group) is 1. The van der Waals surface area contributed by atoms with Crippen molar-refractivity contribution in [2.24, 2.45) is 0 Å². The number of anilines is 1. The highest BCUT2D eigenvalue weighted by Crippen LogP contribution is 2.25. The number of rotatable bonds is 4. The van der Waals surface area contributed by atoms with Gasteiger partial charge in [-0.3, -0.25) is 4.79 Å². The summed E-state index contributed by atoms with van der Waals surface area (Å²) in [5.74, 6) is 1.18. The fraction of sp³-hybridized carbons (Fsp3) is 0.500. The number of piperazine rings is 1. The summed E-state index contributed by atoms with van der Waals surface area (Å²) in [4.78, 5) is 16.0. The normalized spacial score (nSPS) is 16.0. The van der Waals surface area contributed by atoms with Crippen LogP contribution in [0.25, 0.3) is 0 Å². The van der Waals surface area contributed by atoms with Crippen molar-refractivity contribution in [1.29, 1.82) is 0 Å². The van der Waals surface area contributed by atoms with E-state index in [9.17, 15) is 4.79 Å². The van der Waals surface area contributed by atoms with Crippen LogP contribution in [0.15, 0.2) is 18.2 Å². The number of carbonyl (C=O) groups is 1. The molecule has 1 heterocycles. The zero-order chi connectivity index (χ0) is 14.5. The van der Waals surface area contributed by atoms with Crippen LogP contribution in [0.1, 0.15) is 0 Å². The lowest BCUT2D eigenvalue weighted by atomic mass is 10.3. The second kappa shape index (κ2) is 6.47. The highest BCUT2D eigenvalue weighted by molar-refractivity contribution is 5.78. The largest absolute Gasteiger partial charge is 0.495 e. The van der Waals surface area contributed by atoms with E-state index in [1.807, 2.05) is 4.90 Å². The molecule has 2 rings (SSSR count). The van der Waals surface area contributed by atoms with Gasteiger partial charge >= 0.3 is 0 Å². The number of methoxy groups -OCH3 is 1. The molecule has 0 aliphatic carbocycles. The number of hydrogen-bond acceptors (Lipinski definition) is 5. The number of hydrogen-bond donors (Lipinski definition) is 1. The summed E-state index contributed by atoms with van der Waals surface area (Å²) in [5.41, 5.74) is 6.29. The summed E-state index contributed by atoms with van der Waals surface area (Å²) in [7, 11) is 3.61. The van der Waals surface area contributed by atoms with E-state index in [2.05, 4.69) is 11.9 Å². The quantitative estimate of drug-likeness (QED) is 0.810. The van der Waals surface area contributed by atoms with Crippen LogP contribution in [0.3, 0.4) is 0 Å². The zero-order valence-corrected chi connectivity index (χ0v) is 12.0. The number of nitrogen functional groups attached to an aromatic ring is 1. The smallest absolute Gasteiger partial charge is 0.260 e. The lowest BCUT2D eigenvalue weighted by Crippen LogP contribution is -2.48. The first kappa shape index (κ1) is 14.5. The van der Waals surface area contributed by atoms with Gasteiger partial charge in [-0.15, -0.1) is 0 Å². The molecule has 1 aliphatic heterocycles. The lowest BCUT2D eigenvalue weighted by molar-refractivity contribution is -0.134. The number of ether oxygens (including phenoxy) is 2. The Kier molecular flexibility index (Phi) is 4.68. The third-order valence-electron chi connectivity index (χ3n) is 3.42. The van der Waals surface area contributed by atoms with Gasteiger partial charge in [-0.2, -0.15) is 0 Å². The molecular formula is C14H21N3O3. The summed E-state index contributed by atoms with van der Waals surface area (Å²) in [6.45, 7) is 3.35. The second-order valence-corrected chi connectivity index (χ2v) is 4.88. The van der Waals surface area contributed by atoms with Gasteiger partial charge in [0.1, 0.15) is 11.5 Å². The number of nitrogens with two attached hydrogens (primary N) is 1. The van der Waals surface area contributed by atoms with Crippen molar-refractivity contribution in [3.63, 3.8) is 0 Å². The van der Waals surface area contributed by atoms with Crippen molar-refractivity contribution in [2.75, 3.05) is 52.7 Å². The van der Waals surface area contributed by atoms with Crippen LogP contribution >= 0.6 is 0 Å². The van der Waals surface area contributed by atoms with Gasteiger partial charge in [-0.1, -0.05) is 0 Å². The maximum Gasteiger partial charge on any atom is 0.260 e. The van der Waals surface area contributed by atoms with Crippen LogP contribution in [0.2, 0.25) is 0 Å². The Bertz CT molecular complexity index is 471. The molecule has 1 aromatic rings. The molecule has 110 valence electrons. The highest BCUT2D eigenvalue weighted by atomic mass is 16.5. The first-order valence-electron chi connectivity index (χ1n) is 6.63. The molecule has 1 aromatic carbocycles. The minimum absolute atomic E-state index is 0.00693. The highest BCUT2D eigenvalue weighted by Gasteiger charge is 2.19. The summed E-state index contributed by atoms with van der Waals surface area (Å²) >= 11 is 0. The Morgan fingerprint density at radius 2 is 2.00 bits per heavy atom. The average Bonchev–Trinajstić information content (AvgIpc) is 2.45. The van der Waals surface area contributed by atoms with E-state index >= 15 is 0 Å². The monoisotopic (exact) mass is 279 g/mol. The van der Waals surface area contributed by atoms with Gasteiger partial charge in [-0.05, 0) is 19.2 Å². The Hall–Kier alpha value is -1.95. The van der Waals surface area contributed by atoms with Gasteiger partial charge in [0.2, 0.25) is 0 Å². The molecule has 0 aromatic heterocycles. The number of carbonyl (C=O) groups excluding carboxylic acids is 1. The maximum atomic E-state index is 12.0. The summed E-state index contributed by atoms with van der Waals surface area (Å²) in [6.07, 6.45) is 0. The van der Waals surface area contributed by atoms with Crippen LogP contribution in [0.5, 0.6) is 11.5 Å². The molecule has 0 saturated carbocycles. The van der Waals surface area contributed by atoms with Gasteiger partial charge in [0.15, 0.2) is 6.61 Å². The predicted octanol–water partition coefficient (Wildman–Crippen LogP) is 0.430. The molecule has 6 nitrogen and oxygen atoms in total. The molecule has 20 heavy (non-hydrogen) atoms.